The molecule has 1 aromatic rings. The quantitative estimate of drug-likeness (QED) is 0.564. The highest BCUT2D eigenvalue weighted by Crippen LogP contribution is 2.00. The van der Waals surface area contributed by atoms with Gasteiger partial charge in [-0.05, 0) is 5.56 Å². The summed E-state index contributed by atoms with van der Waals surface area (Å²) in [4.78, 5) is 0. The normalized spacial score (nSPS) is 14.3. The second-order valence-corrected chi connectivity index (χ2v) is 4.42. The van der Waals surface area contributed by atoms with Gasteiger partial charge >= 0.3 is 0 Å². The molecule has 5 heteroatoms. The minimum atomic E-state index is -0.585. The summed E-state index contributed by atoms with van der Waals surface area (Å²) in [6.07, 6.45) is -1.14. The van der Waals surface area contributed by atoms with Gasteiger partial charge in [0.05, 0.1) is 32.0 Å². The van der Waals surface area contributed by atoms with Gasteiger partial charge in [-0.15, -0.1) is 0 Å². The zero-order valence-electron chi connectivity index (χ0n) is 11.3. The van der Waals surface area contributed by atoms with Crippen LogP contribution in [0.5, 0.6) is 0 Å². The first-order chi connectivity index (χ1) is 9.22. The van der Waals surface area contributed by atoms with Crippen LogP contribution < -0.4 is 5.32 Å². The zero-order chi connectivity index (χ0) is 13.9. The first kappa shape index (κ1) is 16.1. The summed E-state index contributed by atoms with van der Waals surface area (Å²) in [7, 11) is 1.54. The molecule has 0 amide bonds. The van der Waals surface area contributed by atoms with Crippen LogP contribution in [-0.2, 0) is 16.1 Å². The number of benzene rings is 1. The van der Waals surface area contributed by atoms with E-state index >= 15 is 0 Å². The maximum absolute atomic E-state index is 9.67. The highest BCUT2D eigenvalue weighted by atomic mass is 16.5. The highest BCUT2D eigenvalue weighted by molar-refractivity contribution is 5.13. The van der Waals surface area contributed by atoms with Gasteiger partial charge < -0.3 is 25.0 Å². The van der Waals surface area contributed by atoms with Gasteiger partial charge in [-0.3, -0.25) is 0 Å². The van der Waals surface area contributed by atoms with Crippen LogP contribution in [0.2, 0.25) is 0 Å². The van der Waals surface area contributed by atoms with Gasteiger partial charge in [-0.1, -0.05) is 30.3 Å². The number of rotatable bonds is 10. The monoisotopic (exact) mass is 269 g/mol. The number of nitrogens with one attached hydrogen (secondary N) is 1. The Morgan fingerprint density at radius 3 is 2.32 bits per heavy atom. The third-order valence-corrected chi connectivity index (χ3v) is 2.54. The van der Waals surface area contributed by atoms with E-state index in [4.69, 9.17) is 9.47 Å². The molecule has 2 atom stereocenters. The Morgan fingerprint density at radius 1 is 1.05 bits per heavy atom. The fraction of sp³-hybridized carbons (Fsp3) is 0.571. The topological polar surface area (TPSA) is 71.0 Å². The molecule has 5 nitrogen and oxygen atoms in total. The molecule has 0 spiro atoms. The van der Waals surface area contributed by atoms with Crippen molar-refractivity contribution in [3.05, 3.63) is 35.9 Å². The number of aliphatic hydroxyl groups is 2. The summed E-state index contributed by atoms with van der Waals surface area (Å²) in [6.45, 7) is 1.82. The van der Waals surface area contributed by atoms with Gasteiger partial charge in [-0.25, -0.2) is 0 Å². The van der Waals surface area contributed by atoms with E-state index in [1.807, 2.05) is 30.3 Å². The van der Waals surface area contributed by atoms with Crippen LogP contribution in [0.4, 0.5) is 0 Å². The summed E-state index contributed by atoms with van der Waals surface area (Å²) in [5, 5.41) is 22.0. The lowest BCUT2D eigenvalue weighted by atomic mass is 10.2. The highest BCUT2D eigenvalue weighted by Gasteiger charge is 2.07. The minimum absolute atomic E-state index is 0.266. The molecule has 0 fully saturated rings. The Kier molecular flexibility index (Phi) is 8.36. The molecule has 0 saturated carbocycles. The average molecular weight is 269 g/mol. The first-order valence-corrected chi connectivity index (χ1v) is 6.40. The Morgan fingerprint density at radius 2 is 1.68 bits per heavy atom. The average Bonchev–Trinajstić information content (AvgIpc) is 2.40. The van der Waals surface area contributed by atoms with Crippen LogP contribution in [0.25, 0.3) is 0 Å². The summed E-state index contributed by atoms with van der Waals surface area (Å²) in [6, 6.07) is 9.81. The largest absolute Gasteiger partial charge is 0.389 e. The van der Waals surface area contributed by atoms with Crippen LogP contribution >= 0.6 is 0 Å². The van der Waals surface area contributed by atoms with Gasteiger partial charge in [0.2, 0.25) is 0 Å². The Hall–Kier alpha value is -0.980. The molecule has 0 aliphatic heterocycles. The summed E-state index contributed by atoms with van der Waals surface area (Å²) >= 11 is 0. The second-order valence-electron chi connectivity index (χ2n) is 4.42. The number of aliphatic hydroxyl groups excluding tert-OH is 2. The van der Waals surface area contributed by atoms with E-state index in [1.165, 1.54) is 7.11 Å². The summed E-state index contributed by atoms with van der Waals surface area (Å²) < 4.78 is 10.2. The molecular weight excluding hydrogens is 246 g/mol. The molecule has 3 N–H and O–H groups in total. The lowest BCUT2D eigenvalue weighted by Gasteiger charge is -2.14. The van der Waals surface area contributed by atoms with Crippen molar-refractivity contribution in [2.75, 3.05) is 33.4 Å². The zero-order valence-corrected chi connectivity index (χ0v) is 11.3. The van der Waals surface area contributed by atoms with Crippen LogP contribution in [0, 0.1) is 0 Å². The van der Waals surface area contributed by atoms with Gasteiger partial charge in [-0.2, -0.15) is 0 Å². The van der Waals surface area contributed by atoms with Crippen LogP contribution in [0.1, 0.15) is 5.56 Å². The van der Waals surface area contributed by atoms with E-state index in [1.54, 1.807) is 0 Å². The van der Waals surface area contributed by atoms with E-state index in [2.05, 4.69) is 5.32 Å². The lowest BCUT2D eigenvalue weighted by molar-refractivity contribution is 0.0242. The lowest BCUT2D eigenvalue weighted by Crippen LogP contribution is -2.36. The van der Waals surface area contributed by atoms with E-state index in [9.17, 15) is 10.2 Å². The van der Waals surface area contributed by atoms with Crippen molar-refractivity contribution in [3.8, 4) is 0 Å². The minimum Gasteiger partial charge on any atom is -0.389 e. The van der Waals surface area contributed by atoms with E-state index in [0.29, 0.717) is 19.7 Å². The number of hydrogen-bond donors (Lipinski definition) is 3. The fourth-order valence-electron chi connectivity index (χ4n) is 1.61. The molecule has 0 aliphatic carbocycles. The molecule has 2 unspecified atom stereocenters. The third kappa shape index (κ3) is 7.92. The van der Waals surface area contributed by atoms with Crippen molar-refractivity contribution in [1.82, 2.24) is 5.32 Å². The van der Waals surface area contributed by atoms with E-state index in [-0.39, 0.29) is 13.2 Å². The summed E-state index contributed by atoms with van der Waals surface area (Å²) in [5.41, 5.74) is 1.08. The van der Waals surface area contributed by atoms with Crippen LogP contribution in [-0.4, -0.2) is 55.8 Å². The third-order valence-electron chi connectivity index (χ3n) is 2.54. The predicted molar refractivity (Wildman–Crippen MR) is 72.9 cm³/mol. The molecule has 108 valence electrons. The molecule has 1 aromatic carbocycles. The molecule has 1 rings (SSSR count). The van der Waals surface area contributed by atoms with Crippen molar-refractivity contribution in [2.45, 2.75) is 18.8 Å². The van der Waals surface area contributed by atoms with Crippen LogP contribution in [0.3, 0.4) is 0 Å². The Labute approximate surface area is 114 Å². The van der Waals surface area contributed by atoms with Crippen molar-refractivity contribution in [3.63, 3.8) is 0 Å². The van der Waals surface area contributed by atoms with Gasteiger partial charge in [0.25, 0.3) is 0 Å². The Bertz CT molecular complexity index is 320. The van der Waals surface area contributed by atoms with E-state index < -0.39 is 12.2 Å². The SMILES string of the molecule is COCC(O)CNCC(O)COCc1ccccc1. The molecular formula is C14H23NO4. The molecule has 0 heterocycles. The molecule has 0 aliphatic rings. The molecule has 0 saturated heterocycles. The van der Waals surface area contributed by atoms with Crippen molar-refractivity contribution >= 4 is 0 Å². The van der Waals surface area contributed by atoms with Crippen molar-refractivity contribution in [2.24, 2.45) is 0 Å². The number of methoxy groups -OCH3 is 1. The maximum Gasteiger partial charge on any atom is 0.0897 e. The number of hydrogen-bond acceptors (Lipinski definition) is 5. The maximum atomic E-state index is 9.67. The molecule has 0 bridgehead atoms. The standard InChI is InChI=1S/C14H23NO4/c1-18-10-13(16)7-15-8-14(17)11-19-9-12-5-3-2-4-6-12/h2-6,13-17H,7-11H2,1H3. The molecule has 0 radical (unpaired) electrons. The van der Waals surface area contributed by atoms with Gasteiger partial charge in [0.15, 0.2) is 0 Å². The number of ether oxygens (including phenoxy) is 2. The van der Waals surface area contributed by atoms with Crippen LogP contribution in [0.15, 0.2) is 30.3 Å². The summed E-state index contributed by atoms with van der Waals surface area (Å²) in [5.74, 6) is 0. The van der Waals surface area contributed by atoms with Gasteiger partial charge in [0, 0.05) is 20.2 Å². The second kappa shape index (κ2) is 9.89. The molecule has 19 heavy (non-hydrogen) atoms. The first-order valence-electron chi connectivity index (χ1n) is 6.40. The van der Waals surface area contributed by atoms with Crippen molar-refractivity contribution in [1.29, 1.82) is 0 Å². The Balaban J connectivity index is 2.03. The van der Waals surface area contributed by atoms with E-state index in [0.717, 1.165) is 5.56 Å². The van der Waals surface area contributed by atoms with Gasteiger partial charge in [0.1, 0.15) is 0 Å². The molecule has 0 aromatic heterocycles. The smallest absolute Gasteiger partial charge is 0.0897 e. The fourth-order valence-corrected chi connectivity index (χ4v) is 1.61. The van der Waals surface area contributed by atoms with Crippen molar-refractivity contribution < 1.29 is 19.7 Å². The predicted octanol–water partition coefficient (Wildman–Crippen LogP) is 0.161.